The van der Waals surface area contributed by atoms with E-state index in [1.807, 2.05) is 12.1 Å². The number of amides is 1. The van der Waals surface area contributed by atoms with Gasteiger partial charge >= 0.3 is 0 Å². The average Bonchev–Trinajstić information content (AvgIpc) is 3.15. The molecule has 0 spiro atoms. The first-order chi connectivity index (χ1) is 11.2. The molecule has 1 aliphatic carbocycles. The molecule has 2 atom stereocenters. The van der Waals surface area contributed by atoms with Crippen molar-refractivity contribution in [2.24, 2.45) is 0 Å². The summed E-state index contributed by atoms with van der Waals surface area (Å²) in [7, 11) is 0. The van der Waals surface area contributed by atoms with E-state index < -0.39 is 0 Å². The van der Waals surface area contributed by atoms with Crippen molar-refractivity contribution in [3.05, 3.63) is 34.9 Å². The van der Waals surface area contributed by atoms with Crippen molar-refractivity contribution in [2.75, 3.05) is 13.1 Å². The lowest BCUT2D eigenvalue weighted by atomic mass is 9.77. The van der Waals surface area contributed by atoms with Crippen molar-refractivity contribution in [1.82, 2.24) is 10.2 Å². The molecule has 0 aromatic heterocycles. The van der Waals surface area contributed by atoms with E-state index >= 15 is 0 Å². The van der Waals surface area contributed by atoms with Crippen LogP contribution in [0.5, 0.6) is 0 Å². The van der Waals surface area contributed by atoms with Crippen LogP contribution in [-0.4, -0.2) is 36.0 Å². The first-order valence-electron chi connectivity index (χ1n) is 8.99. The number of benzene rings is 1. The number of carbonyl (C=O) groups is 1. The molecule has 1 saturated carbocycles. The third-order valence-electron chi connectivity index (χ3n) is 6.07. The van der Waals surface area contributed by atoms with Gasteiger partial charge in [0, 0.05) is 30.2 Å². The van der Waals surface area contributed by atoms with E-state index in [-0.39, 0.29) is 17.8 Å². The molecule has 0 radical (unpaired) electrons. The minimum Gasteiger partial charge on any atom is -0.340 e. The lowest BCUT2D eigenvalue weighted by Gasteiger charge is -2.35. The van der Waals surface area contributed by atoms with Crippen LogP contribution < -0.4 is 5.32 Å². The summed E-state index contributed by atoms with van der Waals surface area (Å²) in [5.41, 5.74) is 0.848. The van der Waals surface area contributed by atoms with Gasteiger partial charge < -0.3 is 10.2 Å². The molecule has 1 N–H and O–H groups in total. The van der Waals surface area contributed by atoms with Gasteiger partial charge in [0.2, 0.25) is 5.91 Å². The zero-order valence-corrected chi connectivity index (χ0v) is 15.5. The van der Waals surface area contributed by atoms with Gasteiger partial charge in [-0.1, -0.05) is 36.6 Å². The first-order valence-corrected chi connectivity index (χ1v) is 9.37. The van der Waals surface area contributed by atoms with Crippen LogP contribution in [-0.2, 0) is 10.2 Å². The Kier molecular flexibility index (Phi) is 5.43. The van der Waals surface area contributed by atoms with Gasteiger partial charge in [-0.15, -0.1) is 12.4 Å². The minimum absolute atomic E-state index is 0. The Bertz CT molecular complexity index is 584. The van der Waals surface area contributed by atoms with Crippen molar-refractivity contribution in [3.8, 4) is 0 Å². The van der Waals surface area contributed by atoms with Crippen LogP contribution in [0, 0.1) is 0 Å². The van der Waals surface area contributed by atoms with E-state index in [0.29, 0.717) is 18.0 Å². The fourth-order valence-corrected chi connectivity index (χ4v) is 4.93. The number of hydrogen-bond acceptors (Lipinski definition) is 2. The molecule has 2 aliphatic heterocycles. The van der Waals surface area contributed by atoms with Crippen LogP contribution in [0.25, 0.3) is 0 Å². The maximum absolute atomic E-state index is 13.5. The predicted octanol–water partition coefficient (Wildman–Crippen LogP) is 3.93. The van der Waals surface area contributed by atoms with Crippen molar-refractivity contribution >= 4 is 29.9 Å². The number of carbonyl (C=O) groups excluding carboxylic acids is 1. The molecule has 3 nitrogen and oxygen atoms in total. The third-order valence-corrected chi connectivity index (χ3v) is 6.33. The number of halogens is 2. The van der Waals surface area contributed by atoms with Crippen LogP contribution in [0.1, 0.15) is 50.5 Å². The molecule has 1 aromatic carbocycles. The molecule has 132 valence electrons. The molecule has 3 aliphatic rings. The topological polar surface area (TPSA) is 32.3 Å². The smallest absolute Gasteiger partial charge is 0.233 e. The van der Waals surface area contributed by atoms with Crippen LogP contribution in [0.15, 0.2) is 24.3 Å². The van der Waals surface area contributed by atoms with E-state index in [1.54, 1.807) is 0 Å². The summed E-state index contributed by atoms with van der Waals surface area (Å²) < 4.78 is 0. The average molecular weight is 369 g/mol. The molecule has 4 rings (SSSR count). The number of fused-ring (bicyclic) bond motifs is 2. The van der Waals surface area contributed by atoms with Crippen LogP contribution in [0.3, 0.4) is 0 Å². The molecular weight excluding hydrogens is 343 g/mol. The van der Waals surface area contributed by atoms with Gasteiger partial charge in [-0.25, -0.2) is 0 Å². The Morgan fingerprint density at radius 1 is 1.08 bits per heavy atom. The highest BCUT2D eigenvalue weighted by Gasteiger charge is 2.46. The van der Waals surface area contributed by atoms with E-state index in [0.717, 1.165) is 55.8 Å². The van der Waals surface area contributed by atoms with E-state index in [4.69, 9.17) is 11.6 Å². The summed E-state index contributed by atoms with van der Waals surface area (Å²) in [6.45, 7) is 1.78. The number of nitrogens with zero attached hydrogens (tertiary/aromatic N) is 1. The zero-order valence-electron chi connectivity index (χ0n) is 14.0. The van der Waals surface area contributed by atoms with Crippen LogP contribution in [0.2, 0.25) is 5.02 Å². The number of likely N-dealkylation sites (tertiary alicyclic amines) is 1. The fraction of sp³-hybridized carbons (Fsp3) is 0.632. The van der Waals surface area contributed by atoms with Gasteiger partial charge in [0.15, 0.2) is 0 Å². The Morgan fingerprint density at radius 2 is 1.75 bits per heavy atom. The molecule has 2 saturated heterocycles. The molecular formula is C19H26Cl2N2O. The maximum Gasteiger partial charge on any atom is 0.233 e. The molecule has 1 aromatic rings. The van der Waals surface area contributed by atoms with E-state index in [1.165, 1.54) is 12.8 Å². The second-order valence-corrected chi connectivity index (χ2v) is 7.91. The summed E-state index contributed by atoms with van der Waals surface area (Å²) in [5, 5.41) is 4.42. The quantitative estimate of drug-likeness (QED) is 0.857. The highest BCUT2D eigenvalue weighted by atomic mass is 35.5. The fourth-order valence-electron chi connectivity index (χ4n) is 4.80. The Balaban J connectivity index is 0.00000169. The largest absolute Gasteiger partial charge is 0.340 e. The van der Waals surface area contributed by atoms with Crippen molar-refractivity contribution < 1.29 is 4.79 Å². The summed E-state index contributed by atoms with van der Waals surface area (Å²) in [6, 6.07) is 9.09. The third kappa shape index (κ3) is 3.18. The molecule has 24 heavy (non-hydrogen) atoms. The minimum atomic E-state index is -0.311. The summed E-state index contributed by atoms with van der Waals surface area (Å²) >= 11 is 6.05. The lowest BCUT2D eigenvalue weighted by Crippen LogP contribution is -2.48. The predicted molar refractivity (Wildman–Crippen MR) is 100.0 cm³/mol. The highest BCUT2D eigenvalue weighted by Crippen LogP contribution is 2.43. The summed E-state index contributed by atoms with van der Waals surface area (Å²) in [6.07, 6.45) is 7.83. The van der Waals surface area contributed by atoms with E-state index in [9.17, 15) is 4.79 Å². The standard InChI is InChI=1S/C19H25ClN2O.ClH/c20-15-5-3-14(4-6-15)19(10-1-2-11-19)18(23)22-12-9-16-7-8-17(13-22)21-16;/h3-6,16-17,21H,1-2,7-13H2;1H. The summed E-state index contributed by atoms with van der Waals surface area (Å²) in [4.78, 5) is 15.7. The Labute approximate surface area is 155 Å². The van der Waals surface area contributed by atoms with Crippen molar-refractivity contribution in [2.45, 2.75) is 62.4 Å². The molecule has 3 fully saturated rings. The van der Waals surface area contributed by atoms with Crippen molar-refractivity contribution in [1.29, 1.82) is 0 Å². The second kappa shape index (κ2) is 7.23. The second-order valence-electron chi connectivity index (χ2n) is 7.47. The normalized spacial score (nSPS) is 28.3. The van der Waals surface area contributed by atoms with Gasteiger partial charge in [-0.2, -0.15) is 0 Å². The number of hydrogen-bond donors (Lipinski definition) is 1. The molecule has 5 heteroatoms. The van der Waals surface area contributed by atoms with Gasteiger partial charge in [0.05, 0.1) is 5.41 Å². The maximum atomic E-state index is 13.5. The molecule has 2 unspecified atom stereocenters. The van der Waals surface area contributed by atoms with Crippen LogP contribution >= 0.6 is 24.0 Å². The zero-order chi connectivity index (χ0) is 15.9. The molecule has 2 bridgehead atoms. The number of rotatable bonds is 2. The summed E-state index contributed by atoms with van der Waals surface area (Å²) in [5.74, 6) is 0.353. The Morgan fingerprint density at radius 3 is 2.46 bits per heavy atom. The Hall–Kier alpha value is -0.770. The van der Waals surface area contributed by atoms with Crippen molar-refractivity contribution in [3.63, 3.8) is 0 Å². The molecule has 2 heterocycles. The molecule has 1 amide bonds. The monoisotopic (exact) mass is 368 g/mol. The van der Waals surface area contributed by atoms with Gasteiger partial charge in [-0.3, -0.25) is 4.79 Å². The number of nitrogens with one attached hydrogen (secondary N) is 1. The highest BCUT2D eigenvalue weighted by molar-refractivity contribution is 6.30. The van der Waals surface area contributed by atoms with Gasteiger partial charge in [0.1, 0.15) is 0 Å². The van der Waals surface area contributed by atoms with E-state index in [2.05, 4.69) is 22.3 Å². The van der Waals surface area contributed by atoms with Gasteiger partial charge in [0.25, 0.3) is 0 Å². The first kappa shape index (κ1) is 18.0. The van der Waals surface area contributed by atoms with Gasteiger partial charge in [-0.05, 0) is 49.8 Å². The SMILES string of the molecule is Cl.O=C(N1CCC2CCC(C1)N2)C1(c2ccc(Cl)cc2)CCCC1. The van der Waals surface area contributed by atoms with Crippen LogP contribution in [0.4, 0.5) is 0 Å². The lowest BCUT2D eigenvalue weighted by molar-refractivity contribution is -0.137.